The van der Waals surface area contributed by atoms with Crippen LogP contribution < -0.4 is 4.74 Å². The van der Waals surface area contributed by atoms with Gasteiger partial charge in [-0.05, 0) is 18.9 Å². The molecule has 2 unspecified atom stereocenters. The van der Waals surface area contributed by atoms with Crippen molar-refractivity contribution in [2.75, 3.05) is 34.4 Å². The van der Waals surface area contributed by atoms with Gasteiger partial charge in [0.2, 0.25) is 6.23 Å². The number of non-ortho nitro benzene ring substituents is 1. The van der Waals surface area contributed by atoms with E-state index in [1.165, 1.54) is 6.07 Å². The standard InChI is InChI=1S/C21H34N3O12P/c1-24(2,3)21(27)19(15-20(25)26)36-37(32,33)35-13-9-7-5-4-6-8-12-34-18-11-10-16(22(28)29)14-17(18)23(30)31/h10-11,14,19,21,27H,4-9,12-13,15H2,1-3H3,(H-,25,26,32,33)/p+1/t19-,21?/m1/s1. The lowest BCUT2D eigenvalue weighted by Gasteiger charge is -2.34. The molecule has 1 rings (SSSR count). The highest BCUT2D eigenvalue weighted by Gasteiger charge is 2.39. The minimum atomic E-state index is -4.58. The van der Waals surface area contributed by atoms with Gasteiger partial charge in [-0.2, -0.15) is 0 Å². The van der Waals surface area contributed by atoms with Crippen LogP contribution in [0.1, 0.15) is 44.9 Å². The molecule has 0 aliphatic heterocycles. The number of aliphatic carboxylic acids is 1. The highest BCUT2D eigenvalue weighted by Crippen LogP contribution is 2.46. The molecule has 1 aromatic carbocycles. The SMILES string of the molecule is C[N+](C)(C)C(O)[C@@H](CC(=O)O)OP(=O)(O)OCCCCCCCCOc1ccc([N+](=O)[O-])cc1[N+](=O)[O-]. The molecule has 210 valence electrons. The van der Waals surface area contributed by atoms with Crippen LogP contribution in [0, 0.1) is 20.2 Å². The van der Waals surface area contributed by atoms with Gasteiger partial charge < -0.3 is 24.3 Å². The van der Waals surface area contributed by atoms with Gasteiger partial charge in [0.1, 0.15) is 0 Å². The number of benzene rings is 1. The fourth-order valence-electron chi connectivity index (χ4n) is 3.23. The highest BCUT2D eigenvalue weighted by molar-refractivity contribution is 7.47. The van der Waals surface area contributed by atoms with E-state index in [1.807, 2.05) is 0 Å². The van der Waals surface area contributed by atoms with Gasteiger partial charge in [0.25, 0.3) is 5.69 Å². The summed E-state index contributed by atoms with van der Waals surface area (Å²) >= 11 is 0. The molecule has 0 bridgehead atoms. The Morgan fingerprint density at radius 3 is 2.11 bits per heavy atom. The summed E-state index contributed by atoms with van der Waals surface area (Å²) in [6.07, 6.45) is 0.571. The summed E-state index contributed by atoms with van der Waals surface area (Å²) in [7, 11) is 0.160. The largest absolute Gasteiger partial charge is 0.487 e. The van der Waals surface area contributed by atoms with Crippen molar-refractivity contribution in [2.24, 2.45) is 0 Å². The lowest BCUT2D eigenvalue weighted by Crippen LogP contribution is -2.52. The zero-order valence-corrected chi connectivity index (χ0v) is 21.9. The molecule has 37 heavy (non-hydrogen) atoms. The van der Waals surface area contributed by atoms with Crippen molar-refractivity contribution in [3.63, 3.8) is 0 Å². The summed E-state index contributed by atoms with van der Waals surface area (Å²) in [6.45, 7) is 0.102. The Morgan fingerprint density at radius 2 is 1.59 bits per heavy atom. The van der Waals surface area contributed by atoms with Crippen LogP contribution in [0.5, 0.6) is 5.75 Å². The third kappa shape index (κ3) is 12.4. The molecular weight excluding hydrogens is 517 g/mol. The van der Waals surface area contributed by atoms with Crippen molar-refractivity contribution in [1.82, 2.24) is 0 Å². The first-order valence-electron chi connectivity index (χ1n) is 11.6. The van der Waals surface area contributed by atoms with Gasteiger partial charge in [0.15, 0.2) is 11.9 Å². The third-order valence-electron chi connectivity index (χ3n) is 5.17. The number of carboxylic acids is 1. The number of nitro benzene ring substituents is 2. The van der Waals surface area contributed by atoms with E-state index in [2.05, 4.69) is 0 Å². The molecule has 0 aliphatic rings. The summed E-state index contributed by atoms with van der Waals surface area (Å²) in [5.74, 6) is -1.34. The molecule has 16 heteroatoms. The maximum atomic E-state index is 12.2. The second-order valence-electron chi connectivity index (χ2n) is 9.21. The molecule has 0 fully saturated rings. The first kappa shape index (κ1) is 32.3. The second kappa shape index (κ2) is 14.9. The summed E-state index contributed by atoms with van der Waals surface area (Å²) < 4.78 is 27.3. The number of nitrogens with zero attached hydrogens (tertiary/aromatic N) is 3. The topological polar surface area (TPSA) is 209 Å². The van der Waals surface area contributed by atoms with E-state index in [9.17, 15) is 39.6 Å². The van der Waals surface area contributed by atoms with E-state index in [4.69, 9.17) is 18.9 Å². The first-order chi connectivity index (χ1) is 17.1. The number of ether oxygens (including phenoxy) is 1. The molecule has 0 aromatic heterocycles. The molecule has 0 saturated heterocycles. The van der Waals surface area contributed by atoms with Crippen LogP contribution in [0.3, 0.4) is 0 Å². The van der Waals surface area contributed by atoms with Crippen molar-refractivity contribution in [3.05, 3.63) is 38.4 Å². The number of carbonyl (C=O) groups is 1. The Bertz CT molecular complexity index is 969. The fourth-order valence-corrected chi connectivity index (χ4v) is 4.17. The van der Waals surface area contributed by atoms with Gasteiger partial charge >= 0.3 is 19.5 Å². The molecule has 0 aliphatic carbocycles. The molecule has 0 heterocycles. The zero-order chi connectivity index (χ0) is 28.2. The average molecular weight is 552 g/mol. The third-order valence-corrected chi connectivity index (χ3v) is 6.22. The Balaban J connectivity index is 2.30. The van der Waals surface area contributed by atoms with E-state index < -0.39 is 53.8 Å². The number of hydrogen-bond acceptors (Lipinski definition) is 10. The summed E-state index contributed by atoms with van der Waals surface area (Å²) in [5, 5.41) is 41.1. The van der Waals surface area contributed by atoms with Crippen molar-refractivity contribution < 1.29 is 52.6 Å². The van der Waals surface area contributed by atoms with E-state index in [-0.39, 0.29) is 23.4 Å². The lowest BCUT2D eigenvalue weighted by atomic mass is 10.1. The van der Waals surface area contributed by atoms with E-state index in [0.29, 0.717) is 19.3 Å². The molecule has 1 aromatic rings. The predicted molar refractivity (Wildman–Crippen MR) is 130 cm³/mol. The number of likely N-dealkylation sites (N-methyl/N-ethyl adjacent to an activating group) is 1. The molecule has 3 atom stereocenters. The zero-order valence-electron chi connectivity index (χ0n) is 21.1. The minimum Gasteiger partial charge on any atom is -0.487 e. The van der Waals surface area contributed by atoms with E-state index in [0.717, 1.165) is 31.4 Å². The van der Waals surface area contributed by atoms with Crippen LogP contribution in [0.2, 0.25) is 0 Å². The highest BCUT2D eigenvalue weighted by atomic mass is 31.2. The maximum Gasteiger partial charge on any atom is 0.472 e. The molecule has 3 N–H and O–H groups in total. The number of nitro groups is 2. The molecule has 15 nitrogen and oxygen atoms in total. The van der Waals surface area contributed by atoms with Crippen LogP contribution in [0.25, 0.3) is 0 Å². The molecule has 0 spiro atoms. The van der Waals surface area contributed by atoms with Gasteiger partial charge in [0, 0.05) is 6.07 Å². The van der Waals surface area contributed by atoms with Gasteiger partial charge in [-0.25, -0.2) is 4.57 Å². The lowest BCUT2D eigenvalue weighted by molar-refractivity contribution is -0.922. The maximum absolute atomic E-state index is 12.2. The average Bonchev–Trinajstić information content (AvgIpc) is 2.78. The molecule has 0 radical (unpaired) electrons. The van der Waals surface area contributed by atoms with Gasteiger partial charge in [-0.1, -0.05) is 25.7 Å². The first-order valence-corrected chi connectivity index (χ1v) is 13.1. The van der Waals surface area contributed by atoms with E-state index in [1.54, 1.807) is 21.1 Å². The number of hydrogen-bond donors (Lipinski definition) is 3. The summed E-state index contributed by atoms with van der Waals surface area (Å²) in [6, 6.07) is 3.19. The Morgan fingerprint density at radius 1 is 1.03 bits per heavy atom. The van der Waals surface area contributed by atoms with Crippen LogP contribution in [-0.4, -0.2) is 82.1 Å². The van der Waals surface area contributed by atoms with Crippen molar-refractivity contribution in [2.45, 2.75) is 57.3 Å². The summed E-state index contributed by atoms with van der Waals surface area (Å²) in [4.78, 5) is 41.4. The van der Waals surface area contributed by atoms with Gasteiger partial charge in [-0.3, -0.25) is 34.1 Å². The van der Waals surface area contributed by atoms with Crippen LogP contribution in [0.4, 0.5) is 11.4 Å². The van der Waals surface area contributed by atoms with Crippen LogP contribution in [0.15, 0.2) is 18.2 Å². The molecular formula is C21H35N3O12P+. The minimum absolute atomic E-state index is 0.0389. The number of aliphatic hydroxyl groups excluding tert-OH is 1. The number of phosphoric ester groups is 1. The van der Waals surface area contributed by atoms with Crippen LogP contribution in [-0.2, 0) is 18.4 Å². The molecule has 0 amide bonds. The van der Waals surface area contributed by atoms with Crippen molar-refractivity contribution in [3.8, 4) is 5.75 Å². The van der Waals surface area contributed by atoms with Crippen molar-refractivity contribution >= 4 is 25.2 Å². The van der Waals surface area contributed by atoms with E-state index >= 15 is 0 Å². The number of unbranched alkanes of at least 4 members (excludes halogenated alkanes) is 5. The Labute approximate surface area is 214 Å². The van der Waals surface area contributed by atoms with Gasteiger partial charge in [0.05, 0.1) is 56.7 Å². The Kier molecular flexibility index (Phi) is 13.0. The number of rotatable bonds is 19. The van der Waals surface area contributed by atoms with Crippen molar-refractivity contribution in [1.29, 1.82) is 0 Å². The van der Waals surface area contributed by atoms with Crippen LogP contribution >= 0.6 is 7.82 Å². The molecule has 0 saturated carbocycles. The number of quaternary nitrogens is 1. The smallest absolute Gasteiger partial charge is 0.472 e. The summed E-state index contributed by atoms with van der Waals surface area (Å²) in [5.41, 5.74) is -0.866. The fraction of sp³-hybridized carbons (Fsp3) is 0.667. The van der Waals surface area contributed by atoms with Gasteiger partial charge in [-0.15, -0.1) is 0 Å². The quantitative estimate of drug-likeness (QED) is 0.0564. The monoisotopic (exact) mass is 552 g/mol. The predicted octanol–water partition coefficient (Wildman–Crippen LogP) is 3.22. The Hall–Kier alpha value is -2.68. The number of aliphatic hydroxyl groups is 1. The normalized spacial score (nSPS) is 14.9. The second-order valence-corrected chi connectivity index (χ2v) is 10.6. The number of carboxylic acid groups (broad SMARTS) is 1. The number of phosphoric acid groups is 1.